The Balaban J connectivity index is 1.33. The Bertz CT molecular complexity index is 880. The quantitative estimate of drug-likeness (QED) is 0.829. The molecule has 2 aliphatic rings. The largest absolute Gasteiger partial charge is 0.348 e. The molecule has 0 unspecified atom stereocenters. The smallest absolute Gasteiger partial charge is 0.272 e. The van der Waals surface area contributed by atoms with E-state index in [0.29, 0.717) is 17.4 Å². The second-order valence-corrected chi connectivity index (χ2v) is 8.41. The van der Waals surface area contributed by atoms with Crippen LogP contribution in [0.3, 0.4) is 0 Å². The molecule has 6 nitrogen and oxygen atoms in total. The van der Waals surface area contributed by atoms with E-state index in [1.165, 1.54) is 5.56 Å². The van der Waals surface area contributed by atoms with Crippen molar-refractivity contribution in [2.75, 3.05) is 19.6 Å². The van der Waals surface area contributed by atoms with Gasteiger partial charge in [-0.25, -0.2) is 4.98 Å². The van der Waals surface area contributed by atoms with E-state index in [1.807, 2.05) is 11.0 Å². The maximum atomic E-state index is 12.8. The Hall–Kier alpha value is -2.73. The van der Waals surface area contributed by atoms with Gasteiger partial charge in [-0.15, -0.1) is 0 Å². The summed E-state index contributed by atoms with van der Waals surface area (Å²) in [6, 6.07) is 16.1. The normalized spacial score (nSPS) is 22.1. The van der Waals surface area contributed by atoms with Crippen LogP contribution in [0.15, 0.2) is 48.5 Å². The SMILES string of the molecule is C[C@@H]1C[C@@H](NC(=O)c2cccc(C(=O)N3CCCC3)n2)CCN1Cc1ccccc1. The van der Waals surface area contributed by atoms with E-state index in [1.54, 1.807) is 18.2 Å². The topological polar surface area (TPSA) is 65.5 Å². The summed E-state index contributed by atoms with van der Waals surface area (Å²) in [7, 11) is 0. The second kappa shape index (κ2) is 9.39. The average Bonchev–Trinajstić information content (AvgIpc) is 3.31. The number of piperidine rings is 1. The molecule has 2 aromatic rings. The lowest BCUT2D eigenvalue weighted by atomic mass is 9.97. The zero-order chi connectivity index (χ0) is 20.9. The minimum absolute atomic E-state index is 0.0787. The lowest BCUT2D eigenvalue weighted by Crippen LogP contribution is -2.48. The van der Waals surface area contributed by atoms with Crippen LogP contribution in [0, 0.1) is 0 Å². The first-order valence-corrected chi connectivity index (χ1v) is 11.0. The number of benzene rings is 1. The third-order valence-electron chi connectivity index (χ3n) is 6.17. The van der Waals surface area contributed by atoms with Crippen molar-refractivity contribution < 1.29 is 9.59 Å². The van der Waals surface area contributed by atoms with Gasteiger partial charge in [-0.2, -0.15) is 0 Å². The van der Waals surface area contributed by atoms with Crippen LogP contribution in [0.4, 0.5) is 0 Å². The number of likely N-dealkylation sites (tertiary alicyclic amines) is 2. The number of hydrogen-bond acceptors (Lipinski definition) is 4. The van der Waals surface area contributed by atoms with Crippen molar-refractivity contribution in [2.45, 2.75) is 51.2 Å². The average molecular weight is 407 g/mol. The highest BCUT2D eigenvalue weighted by Crippen LogP contribution is 2.20. The first-order chi connectivity index (χ1) is 14.6. The molecule has 1 aromatic heterocycles. The van der Waals surface area contributed by atoms with Crippen LogP contribution in [0.1, 0.15) is 59.1 Å². The van der Waals surface area contributed by atoms with E-state index in [4.69, 9.17) is 0 Å². The van der Waals surface area contributed by atoms with Crippen molar-refractivity contribution in [3.63, 3.8) is 0 Å². The number of rotatable bonds is 5. The molecule has 2 atom stereocenters. The van der Waals surface area contributed by atoms with E-state index in [0.717, 1.165) is 51.9 Å². The van der Waals surface area contributed by atoms with Crippen LogP contribution < -0.4 is 5.32 Å². The Morgan fingerprint density at radius 1 is 1.00 bits per heavy atom. The molecular formula is C24H30N4O2. The number of carbonyl (C=O) groups excluding carboxylic acids is 2. The van der Waals surface area contributed by atoms with Crippen LogP contribution in [0.25, 0.3) is 0 Å². The predicted octanol–water partition coefficient (Wildman–Crippen LogP) is 3.10. The maximum Gasteiger partial charge on any atom is 0.272 e. The van der Waals surface area contributed by atoms with E-state index in [2.05, 4.69) is 46.4 Å². The van der Waals surface area contributed by atoms with Gasteiger partial charge < -0.3 is 10.2 Å². The van der Waals surface area contributed by atoms with Gasteiger partial charge in [0.2, 0.25) is 0 Å². The molecule has 6 heteroatoms. The Kier molecular flexibility index (Phi) is 6.43. The van der Waals surface area contributed by atoms with Gasteiger partial charge in [0.05, 0.1) is 0 Å². The fourth-order valence-electron chi connectivity index (χ4n) is 4.43. The zero-order valence-corrected chi connectivity index (χ0v) is 17.6. The van der Waals surface area contributed by atoms with Crippen LogP contribution in [0.5, 0.6) is 0 Å². The van der Waals surface area contributed by atoms with Gasteiger partial charge in [0.15, 0.2) is 0 Å². The van der Waals surface area contributed by atoms with Crippen molar-refractivity contribution in [1.29, 1.82) is 0 Å². The lowest BCUT2D eigenvalue weighted by Gasteiger charge is -2.38. The molecule has 0 saturated carbocycles. The van der Waals surface area contributed by atoms with Crippen LogP contribution in [0.2, 0.25) is 0 Å². The fraction of sp³-hybridized carbons (Fsp3) is 0.458. The Labute approximate surface area is 178 Å². The summed E-state index contributed by atoms with van der Waals surface area (Å²) in [5.74, 6) is -0.273. The Morgan fingerprint density at radius 3 is 2.47 bits per heavy atom. The number of amides is 2. The highest BCUT2D eigenvalue weighted by Gasteiger charge is 2.27. The Morgan fingerprint density at radius 2 is 1.73 bits per heavy atom. The van der Waals surface area contributed by atoms with Gasteiger partial charge in [-0.1, -0.05) is 36.4 Å². The summed E-state index contributed by atoms with van der Waals surface area (Å²) in [6.07, 6.45) is 3.89. The standard InChI is InChI=1S/C24H30N4O2/c1-18-16-20(12-15-28(18)17-19-8-3-2-4-9-19)25-23(29)21-10-7-11-22(26-21)24(30)27-13-5-6-14-27/h2-4,7-11,18,20H,5-6,12-17H2,1H3,(H,25,29)/t18-,20+/m1/s1. The van der Waals surface area contributed by atoms with Crippen LogP contribution in [-0.4, -0.2) is 58.3 Å². The lowest BCUT2D eigenvalue weighted by molar-refractivity contribution is 0.0786. The summed E-state index contributed by atoms with van der Waals surface area (Å²) >= 11 is 0. The molecule has 3 heterocycles. The summed E-state index contributed by atoms with van der Waals surface area (Å²) in [5.41, 5.74) is 1.99. The molecule has 0 spiro atoms. The maximum absolute atomic E-state index is 12.8. The minimum Gasteiger partial charge on any atom is -0.348 e. The molecule has 0 radical (unpaired) electrons. The van der Waals surface area contributed by atoms with Gasteiger partial charge in [-0.05, 0) is 50.3 Å². The second-order valence-electron chi connectivity index (χ2n) is 8.41. The number of aromatic nitrogens is 1. The molecule has 30 heavy (non-hydrogen) atoms. The fourth-order valence-corrected chi connectivity index (χ4v) is 4.43. The van der Waals surface area contributed by atoms with Crippen molar-refractivity contribution in [1.82, 2.24) is 20.1 Å². The number of nitrogens with zero attached hydrogens (tertiary/aromatic N) is 3. The van der Waals surface area contributed by atoms with Crippen molar-refractivity contribution in [3.05, 3.63) is 65.5 Å². The number of pyridine rings is 1. The molecule has 2 fully saturated rings. The van der Waals surface area contributed by atoms with Gasteiger partial charge in [0.25, 0.3) is 11.8 Å². The summed E-state index contributed by atoms with van der Waals surface area (Å²) in [5, 5.41) is 3.13. The molecule has 158 valence electrons. The van der Waals surface area contributed by atoms with Crippen molar-refractivity contribution in [2.24, 2.45) is 0 Å². The summed E-state index contributed by atoms with van der Waals surface area (Å²) < 4.78 is 0. The van der Waals surface area contributed by atoms with E-state index >= 15 is 0 Å². The van der Waals surface area contributed by atoms with Crippen molar-refractivity contribution in [3.8, 4) is 0 Å². The third-order valence-corrected chi connectivity index (χ3v) is 6.17. The minimum atomic E-state index is -0.195. The third kappa shape index (κ3) is 4.87. The van der Waals surface area contributed by atoms with E-state index in [-0.39, 0.29) is 17.9 Å². The molecular weight excluding hydrogens is 376 g/mol. The molecule has 2 saturated heterocycles. The summed E-state index contributed by atoms with van der Waals surface area (Å²) in [4.78, 5) is 34.0. The summed E-state index contributed by atoms with van der Waals surface area (Å²) in [6.45, 7) is 5.65. The highest BCUT2D eigenvalue weighted by molar-refractivity contribution is 5.96. The van der Waals surface area contributed by atoms with E-state index in [9.17, 15) is 9.59 Å². The van der Waals surface area contributed by atoms with Gasteiger partial charge in [0, 0.05) is 38.3 Å². The first kappa shape index (κ1) is 20.5. The molecule has 0 aliphatic carbocycles. The molecule has 2 aliphatic heterocycles. The van der Waals surface area contributed by atoms with Crippen LogP contribution in [-0.2, 0) is 6.54 Å². The van der Waals surface area contributed by atoms with E-state index < -0.39 is 0 Å². The van der Waals surface area contributed by atoms with Gasteiger partial charge >= 0.3 is 0 Å². The van der Waals surface area contributed by atoms with Crippen LogP contribution >= 0.6 is 0 Å². The molecule has 2 amide bonds. The monoisotopic (exact) mass is 406 g/mol. The number of nitrogens with one attached hydrogen (secondary N) is 1. The molecule has 1 aromatic carbocycles. The van der Waals surface area contributed by atoms with Crippen molar-refractivity contribution >= 4 is 11.8 Å². The first-order valence-electron chi connectivity index (χ1n) is 11.0. The number of carbonyl (C=O) groups is 2. The predicted molar refractivity (Wildman–Crippen MR) is 116 cm³/mol. The zero-order valence-electron chi connectivity index (χ0n) is 17.6. The molecule has 0 bridgehead atoms. The van der Waals surface area contributed by atoms with Gasteiger partial charge in [0.1, 0.15) is 11.4 Å². The number of hydrogen-bond donors (Lipinski definition) is 1. The molecule has 4 rings (SSSR count). The molecule has 1 N–H and O–H groups in total. The van der Waals surface area contributed by atoms with Gasteiger partial charge in [-0.3, -0.25) is 14.5 Å². The highest BCUT2D eigenvalue weighted by atomic mass is 16.2.